The van der Waals surface area contributed by atoms with Crippen molar-refractivity contribution in [1.29, 1.82) is 0 Å². The van der Waals surface area contributed by atoms with Crippen molar-refractivity contribution in [3.8, 4) is 0 Å². The summed E-state index contributed by atoms with van der Waals surface area (Å²) in [7, 11) is 0. The Labute approximate surface area is 168 Å². The molecule has 1 unspecified atom stereocenters. The number of amides is 2. The highest BCUT2D eigenvalue weighted by atomic mass is 16.2. The van der Waals surface area contributed by atoms with Crippen LogP contribution in [0.3, 0.4) is 0 Å². The highest BCUT2D eigenvalue weighted by Gasteiger charge is 2.37. The lowest BCUT2D eigenvalue weighted by molar-refractivity contribution is -0.136. The van der Waals surface area contributed by atoms with E-state index in [4.69, 9.17) is 0 Å². The predicted molar refractivity (Wildman–Crippen MR) is 113 cm³/mol. The molecule has 2 aromatic carbocycles. The molecule has 0 aromatic heterocycles. The molecule has 1 aliphatic heterocycles. The van der Waals surface area contributed by atoms with Gasteiger partial charge in [-0.3, -0.25) is 9.59 Å². The Balaban J connectivity index is 1.70. The number of hydrogen-bond donors (Lipinski definition) is 0. The average Bonchev–Trinajstić information content (AvgIpc) is 3.07. The number of carbonyl (C=O) groups is 2. The molecule has 1 atom stereocenters. The van der Waals surface area contributed by atoms with Gasteiger partial charge in [0.15, 0.2) is 0 Å². The Morgan fingerprint density at radius 1 is 1.07 bits per heavy atom. The summed E-state index contributed by atoms with van der Waals surface area (Å²) in [5.41, 5.74) is 3.29. The zero-order valence-electron chi connectivity index (χ0n) is 17.3. The SMILES string of the molecule is CCN(Cc1ccccc1)C(=O)C1CC(=O)N(c2ccc(C(C)(C)C)cc2)C1. The Hall–Kier alpha value is -2.62. The minimum atomic E-state index is -0.279. The molecule has 0 spiro atoms. The molecule has 3 rings (SSSR count). The van der Waals surface area contributed by atoms with Crippen LogP contribution in [0.25, 0.3) is 0 Å². The maximum absolute atomic E-state index is 13.0. The van der Waals surface area contributed by atoms with Crippen LogP contribution < -0.4 is 4.90 Å². The molecule has 1 fully saturated rings. The van der Waals surface area contributed by atoms with E-state index in [2.05, 4.69) is 32.9 Å². The Morgan fingerprint density at radius 3 is 2.29 bits per heavy atom. The molecule has 0 saturated carbocycles. The maximum Gasteiger partial charge on any atom is 0.228 e. The second kappa shape index (κ2) is 8.17. The van der Waals surface area contributed by atoms with Crippen LogP contribution >= 0.6 is 0 Å². The summed E-state index contributed by atoms with van der Waals surface area (Å²) in [5, 5.41) is 0. The van der Waals surface area contributed by atoms with Gasteiger partial charge in [-0.2, -0.15) is 0 Å². The van der Waals surface area contributed by atoms with Crippen LogP contribution in [0.1, 0.15) is 45.2 Å². The Bertz CT molecular complexity index is 822. The van der Waals surface area contributed by atoms with Crippen LogP contribution in [-0.4, -0.2) is 29.8 Å². The summed E-state index contributed by atoms with van der Waals surface area (Å²) in [6, 6.07) is 18.1. The first kappa shape index (κ1) is 20.1. The van der Waals surface area contributed by atoms with Gasteiger partial charge in [0, 0.05) is 31.7 Å². The van der Waals surface area contributed by atoms with Crippen LogP contribution in [0.5, 0.6) is 0 Å². The molecule has 2 aromatic rings. The van der Waals surface area contributed by atoms with E-state index in [0.29, 0.717) is 19.6 Å². The van der Waals surface area contributed by atoms with Gasteiger partial charge in [-0.25, -0.2) is 0 Å². The first-order valence-electron chi connectivity index (χ1n) is 10.0. The maximum atomic E-state index is 13.0. The van der Waals surface area contributed by atoms with E-state index < -0.39 is 0 Å². The molecule has 1 heterocycles. The van der Waals surface area contributed by atoms with Crippen molar-refractivity contribution in [2.24, 2.45) is 5.92 Å². The smallest absolute Gasteiger partial charge is 0.228 e. The van der Waals surface area contributed by atoms with Crippen molar-refractivity contribution in [3.63, 3.8) is 0 Å². The molecular weight excluding hydrogens is 348 g/mol. The number of nitrogens with zero attached hydrogens (tertiary/aromatic N) is 2. The number of hydrogen-bond acceptors (Lipinski definition) is 2. The van der Waals surface area contributed by atoms with E-state index >= 15 is 0 Å². The summed E-state index contributed by atoms with van der Waals surface area (Å²) in [5.74, 6) is -0.190. The largest absolute Gasteiger partial charge is 0.338 e. The molecule has 28 heavy (non-hydrogen) atoms. The molecule has 0 N–H and O–H groups in total. The Kier molecular flexibility index (Phi) is 5.87. The van der Waals surface area contributed by atoms with Crippen molar-refractivity contribution in [2.75, 3.05) is 18.0 Å². The minimum Gasteiger partial charge on any atom is -0.338 e. The quantitative estimate of drug-likeness (QED) is 0.774. The van der Waals surface area contributed by atoms with E-state index in [1.54, 1.807) is 4.90 Å². The summed E-state index contributed by atoms with van der Waals surface area (Å²) >= 11 is 0. The average molecular weight is 379 g/mol. The van der Waals surface area contributed by atoms with Gasteiger partial charge in [0.25, 0.3) is 0 Å². The van der Waals surface area contributed by atoms with Crippen LogP contribution in [0.15, 0.2) is 54.6 Å². The molecule has 0 aliphatic carbocycles. The van der Waals surface area contributed by atoms with E-state index in [9.17, 15) is 9.59 Å². The van der Waals surface area contributed by atoms with Gasteiger partial charge in [0.1, 0.15) is 0 Å². The van der Waals surface area contributed by atoms with Gasteiger partial charge in [0.2, 0.25) is 11.8 Å². The van der Waals surface area contributed by atoms with Crippen LogP contribution in [0, 0.1) is 5.92 Å². The zero-order chi connectivity index (χ0) is 20.3. The third kappa shape index (κ3) is 4.44. The topological polar surface area (TPSA) is 40.6 Å². The van der Waals surface area contributed by atoms with Crippen molar-refractivity contribution < 1.29 is 9.59 Å². The normalized spacial score (nSPS) is 17.1. The van der Waals surface area contributed by atoms with Gasteiger partial charge in [-0.05, 0) is 35.6 Å². The van der Waals surface area contributed by atoms with Crippen molar-refractivity contribution in [3.05, 3.63) is 65.7 Å². The van der Waals surface area contributed by atoms with E-state index in [1.807, 2.05) is 54.3 Å². The summed E-state index contributed by atoms with van der Waals surface area (Å²) in [4.78, 5) is 29.2. The summed E-state index contributed by atoms with van der Waals surface area (Å²) < 4.78 is 0. The van der Waals surface area contributed by atoms with Gasteiger partial charge in [0.05, 0.1) is 5.92 Å². The van der Waals surface area contributed by atoms with Gasteiger partial charge < -0.3 is 9.80 Å². The van der Waals surface area contributed by atoms with Gasteiger partial charge >= 0.3 is 0 Å². The standard InChI is InChI=1S/C24H30N2O2/c1-5-25(16-18-9-7-6-8-10-18)23(28)19-15-22(27)26(17-19)21-13-11-20(12-14-21)24(2,3)4/h6-14,19H,5,15-17H2,1-4H3. The number of anilines is 1. The highest BCUT2D eigenvalue weighted by molar-refractivity contribution is 6.00. The molecule has 148 valence electrons. The summed E-state index contributed by atoms with van der Waals surface area (Å²) in [6.07, 6.45) is 0.283. The van der Waals surface area contributed by atoms with Crippen LogP contribution in [0.4, 0.5) is 5.69 Å². The first-order chi connectivity index (χ1) is 13.3. The van der Waals surface area contributed by atoms with Crippen molar-refractivity contribution in [1.82, 2.24) is 4.90 Å². The van der Waals surface area contributed by atoms with Gasteiger partial charge in [-0.1, -0.05) is 63.2 Å². The molecular formula is C24H30N2O2. The predicted octanol–water partition coefficient (Wildman–Crippen LogP) is 4.39. The molecule has 0 radical (unpaired) electrons. The van der Waals surface area contributed by atoms with E-state index in [-0.39, 0.29) is 29.6 Å². The fourth-order valence-electron chi connectivity index (χ4n) is 3.67. The second-order valence-corrected chi connectivity index (χ2v) is 8.54. The highest BCUT2D eigenvalue weighted by Crippen LogP contribution is 2.29. The lowest BCUT2D eigenvalue weighted by Gasteiger charge is -2.25. The number of carbonyl (C=O) groups excluding carboxylic acids is 2. The number of rotatable bonds is 5. The van der Waals surface area contributed by atoms with E-state index in [1.165, 1.54) is 5.56 Å². The molecule has 0 bridgehead atoms. The Morgan fingerprint density at radius 2 is 1.71 bits per heavy atom. The number of benzene rings is 2. The zero-order valence-corrected chi connectivity index (χ0v) is 17.3. The lowest BCUT2D eigenvalue weighted by atomic mass is 9.87. The molecule has 2 amide bonds. The lowest BCUT2D eigenvalue weighted by Crippen LogP contribution is -2.37. The molecule has 1 aliphatic rings. The third-order valence-corrected chi connectivity index (χ3v) is 5.43. The first-order valence-corrected chi connectivity index (χ1v) is 10.0. The van der Waals surface area contributed by atoms with E-state index in [0.717, 1.165) is 11.3 Å². The fourth-order valence-corrected chi connectivity index (χ4v) is 3.67. The fraction of sp³-hybridized carbons (Fsp3) is 0.417. The second-order valence-electron chi connectivity index (χ2n) is 8.54. The molecule has 4 nitrogen and oxygen atoms in total. The van der Waals surface area contributed by atoms with Gasteiger partial charge in [-0.15, -0.1) is 0 Å². The van der Waals surface area contributed by atoms with Crippen LogP contribution in [0.2, 0.25) is 0 Å². The summed E-state index contributed by atoms with van der Waals surface area (Å²) in [6.45, 7) is 10.2. The monoisotopic (exact) mass is 378 g/mol. The third-order valence-electron chi connectivity index (χ3n) is 5.43. The molecule has 4 heteroatoms. The minimum absolute atomic E-state index is 0.0256. The molecule has 1 saturated heterocycles. The van der Waals surface area contributed by atoms with Crippen molar-refractivity contribution in [2.45, 2.75) is 46.1 Å². The van der Waals surface area contributed by atoms with Crippen LogP contribution in [-0.2, 0) is 21.5 Å². The van der Waals surface area contributed by atoms with Crippen molar-refractivity contribution >= 4 is 17.5 Å².